The number of H-pyrrole nitrogens is 1. The van der Waals surface area contributed by atoms with Crippen LogP contribution < -0.4 is 15.5 Å². The van der Waals surface area contributed by atoms with Crippen molar-refractivity contribution in [1.82, 2.24) is 14.9 Å². The first-order valence-corrected chi connectivity index (χ1v) is 14.0. The number of carbonyl (C=O) groups is 1. The van der Waals surface area contributed by atoms with Crippen LogP contribution in [0.4, 0.5) is 11.4 Å². The smallest absolute Gasteiger partial charge is 0.250 e. The van der Waals surface area contributed by atoms with Crippen molar-refractivity contribution in [2.24, 2.45) is 10.7 Å². The van der Waals surface area contributed by atoms with Gasteiger partial charge in [0.2, 0.25) is 5.91 Å². The molecule has 0 atom stereocenters. The van der Waals surface area contributed by atoms with E-state index in [0.29, 0.717) is 6.54 Å². The highest BCUT2D eigenvalue weighted by atomic mass is 16.2. The Labute approximate surface area is 240 Å². The molecule has 0 radical (unpaired) electrons. The maximum Gasteiger partial charge on any atom is 0.250 e. The fourth-order valence-electron chi connectivity index (χ4n) is 5.99. The molecule has 0 aliphatic carbocycles. The van der Waals surface area contributed by atoms with Gasteiger partial charge < -0.3 is 25.4 Å². The summed E-state index contributed by atoms with van der Waals surface area (Å²) < 4.78 is 0. The number of fused-ring (bicyclic) bond motifs is 2. The Morgan fingerprint density at radius 2 is 1.88 bits per heavy atom. The summed E-state index contributed by atoms with van der Waals surface area (Å²) in [7, 11) is 3.90. The van der Waals surface area contributed by atoms with Crippen molar-refractivity contribution >= 4 is 40.1 Å². The number of likely N-dealkylation sites (N-methyl/N-ethyl adjacent to an activating group) is 1. The normalized spacial score (nSPS) is 16.1. The third-order valence-electron chi connectivity index (χ3n) is 8.19. The zero-order valence-corrected chi connectivity index (χ0v) is 23.6. The average Bonchev–Trinajstić information content (AvgIpc) is 3.62. The molecular weight excluding hydrogens is 510 g/mol. The molecular formula is C33H35N7O. The monoisotopic (exact) mass is 545 g/mol. The Morgan fingerprint density at radius 1 is 1.10 bits per heavy atom. The van der Waals surface area contributed by atoms with E-state index in [9.17, 15) is 4.79 Å². The molecule has 1 amide bonds. The lowest BCUT2D eigenvalue weighted by Gasteiger charge is -2.34. The molecule has 2 aliphatic rings. The van der Waals surface area contributed by atoms with Gasteiger partial charge >= 0.3 is 0 Å². The van der Waals surface area contributed by atoms with E-state index in [1.807, 2.05) is 23.2 Å². The number of hydrogen-bond acceptors (Lipinski definition) is 6. The van der Waals surface area contributed by atoms with Crippen LogP contribution in [0.25, 0.3) is 39.0 Å². The van der Waals surface area contributed by atoms with Gasteiger partial charge in [0, 0.05) is 91.8 Å². The Kier molecular flexibility index (Phi) is 7.15. The molecule has 208 valence electrons. The van der Waals surface area contributed by atoms with Crippen molar-refractivity contribution in [3.05, 3.63) is 84.7 Å². The van der Waals surface area contributed by atoms with Gasteiger partial charge in [-0.1, -0.05) is 30.8 Å². The van der Waals surface area contributed by atoms with E-state index < -0.39 is 0 Å². The Hall–Kier alpha value is -4.69. The summed E-state index contributed by atoms with van der Waals surface area (Å²) in [6, 6.07) is 17.1. The van der Waals surface area contributed by atoms with E-state index in [0.717, 1.165) is 88.4 Å². The van der Waals surface area contributed by atoms with E-state index in [-0.39, 0.29) is 5.91 Å². The number of pyridine rings is 1. The molecule has 0 saturated carbocycles. The van der Waals surface area contributed by atoms with Crippen LogP contribution in [0.15, 0.2) is 78.6 Å². The highest BCUT2D eigenvalue weighted by molar-refractivity contribution is 6.12. The number of allylic oxidation sites excluding steroid dienone is 1. The van der Waals surface area contributed by atoms with Gasteiger partial charge in [-0.2, -0.15) is 0 Å². The summed E-state index contributed by atoms with van der Waals surface area (Å²) >= 11 is 0. The van der Waals surface area contributed by atoms with Crippen LogP contribution in [0.5, 0.6) is 0 Å². The zero-order chi connectivity index (χ0) is 28.5. The van der Waals surface area contributed by atoms with E-state index >= 15 is 0 Å². The van der Waals surface area contributed by atoms with Crippen molar-refractivity contribution in [3.8, 4) is 22.4 Å². The summed E-state index contributed by atoms with van der Waals surface area (Å²) in [6.45, 7) is 8.50. The van der Waals surface area contributed by atoms with Gasteiger partial charge in [0.15, 0.2) is 0 Å². The summed E-state index contributed by atoms with van der Waals surface area (Å²) in [6.07, 6.45) is 7.27. The molecule has 2 aromatic heterocycles. The van der Waals surface area contributed by atoms with E-state index in [2.05, 4.69) is 69.8 Å². The van der Waals surface area contributed by atoms with Crippen LogP contribution >= 0.6 is 0 Å². The lowest BCUT2D eigenvalue weighted by molar-refractivity contribution is -0.114. The summed E-state index contributed by atoms with van der Waals surface area (Å²) in [4.78, 5) is 31.8. The number of piperazine rings is 1. The van der Waals surface area contributed by atoms with Crippen LogP contribution in [0.3, 0.4) is 0 Å². The molecule has 3 N–H and O–H groups in total. The number of aromatic amines is 1. The zero-order valence-electron chi connectivity index (χ0n) is 23.6. The van der Waals surface area contributed by atoms with Crippen LogP contribution in [-0.2, 0) is 11.2 Å². The van der Waals surface area contributed by atoms with Crippen molar-refractivity contribution in [2.75, 3.05) is 56.6 Å². The van der Waals surface area contributed by atoms with Crippen LogP contribution in [-0.4, -0.2) is 73.8 Å². The van der Waals surface area contributed by atoms with Gasteiger partial charge in [-0.05, 0) is 60.5 Å². The topological polar surface area (TPSA) is 93.9 Å². The SMILES string of the molecule is C=CC(=O)N1CCc2c(-c3c(-c4ccc(N5CCN(C)CC5)cc4)[nH]c4ncc(/C(C=NC)=C/N)cc34)cccc21. The molecule has 1 fully saturated rings. The Bertz CT molecular complexity index is 1670. The average molecular weight is 546 g/mol. The highest BCUT2D eigenvalue weighted by Crippen LogP contribution is 2.44. The number of amides is 1. The van der Waals surface area contributed by atoms with Gasteiger partial charge in [-0.3, -0.25) is 9.79 Å². The number of rotatable bonds is 6. The van der Waals surface area contributed by atoms with Gasteiger partial charge in [0.25, 0.3) is 0 Å². The van der Waals surface area contributed by atoms with E-state index in [4.69, 9.17) is 10.7 Å². The molecule has 8 heteroatoms. The molecule has 0 bridgehead atoms. The van der Waals surface area contributed by atoms with E-state index in [1.54, 1.807) is 19.5 Å². The quantitative estimate of drug-likeness (QED) is 0.270. The van der Waals surface area contributed by atoms with Gasteiger partial charge in [0.05, 0.1) is 5.69 Å². The summed E-state index contributed by atoms with van der Waals surface area (Å²) in [5.41, 5.74) is 16.0. The molecule has 0 spiro atoms. The molecule has 1 saturated heterocycles. The van der Waals surface area contributed by atoms with Gasteiger partial charge in [-0.25, -0.2) is 4.98 Å². The number of hydrogen-bond donors (Lipinski definition) is 2. The summed E-state index contributed by atoms with van der Waals surface area (Å²) in [5.74, 6) is -0.0833. The standard InChI is InChI=1S/C33H35N7O/c1-4-30(41)40-13-12-26-27(6-5-7-29(26)40)31-28-18-23(24(19-34)20-35-2)21-36-33(28)37-32(31)22-8-10-25(11-9-22)39-16-14-38(3)15-17-39/h4-11,18-21H,1,12-17,34H2,2-3H3,(H,36,37)/b24-19+,35-20?. The largest absolute Gasteiger partial charge is 0.404 e. The number of anilines is 2. The van der Waals surface area contributed by atoms with Crippen LogP contribution in [0, 0.1) is 0 Å². The second-order valence-corrected chi connectivity index (χ2v) is 10.6. The lowest BCUT2D eigenvalue weighted by atomic mass is 9.93. The Balaban J connectivity index is 1.52. The van der Waals surface area contributed by atoms with Crippen molar-refractivity contribution in [2.45, 2.75) is 6.42 Å². The third-order valence-corrected chi connectivity index (χ3v) is 8.19. The number of carbonyl (C=O) groups excluding carboxylic acids is 1. The maximum atomic E-state index is 12.6. The first-order chi connectivity index (χ1) is 20.0. The minimum absolute atomic E-state index is 0.0833. The molecule has 6 rings (SSSR count). The van der Waals surface area contributed by atoms with Gasteiger partial charge in [-0.15, -0.1) is 0 Å². The predicted molar refractivity (Wildman–Crippen MR) is 170 cm³/mol. The number of nitrogens with one attached hydrogen (secondary N) is 1. The number of benzene rings is 2. The lowest BCUT2D eigenvalue weighted by Crippen LogP contribution is -2.44. The second-order valence-electron chi connectivity index (χ2n) is 10.6. The van der Waals surface area contributed by atoms with Crippen molar-refractivity contribution in [3.63, 3.8) is 0 Å². The first-order valence-electron chi connectivity index (χ1n) is 14.0. The summed E-state index contributed by atoms with van der Waals surface area (Å²) in [5, 5.41) is 0.992. The molecule has 2 aromatic carbocycles. The van der Waals surface area contributed by atoms with E-state index in [1.165, 1.54) is 11.8 Å². The van der Waals surface area contributed by atoms with Gasteiger partial charge in [0.1, 0.15) is 5.65 Å². The van der Waals surface area contributed by atoms with Crippen LogP contribution in [0.1, 0.15) is 11.1 Å². The first kappa shape index (κ1) is 26.5. The highest BCUT2D eigenvalue weighted by Gasteiger charge is 2.28. The van der Waals surface area contributed by atoms with Crippen LogP contribution in [0.2, 0.25) is 0 Å². The van der Waals surface area contributed by atoms with Crippen molar-refractivity contribution in [1.29, 1.82) is 0 Å². The third kappa shape index (κ3) is 4.80. The number of nitrogens with zero attached hydrogens (tertiary/aromatic N) is 5. The molecule has 0 unspecified atom stereocenters. The number of aromatic nitrogens is 2. The number of nitrogens with two attached hydrogens (primary N) is 1. The molecule has 4 heterocycles. The fourth-order valence-corrected chi connectivity index (χ4v) is 5.99. The molecule has 2 aliphatic heterocycles. The second kappa shape index (κ2) is 11.1. The fraction of sp³-hybridized carbons (Fsp3) is 0.242. The Morgan fingerprint density at radius 3 is 2.59 bits per heavy atom. The number of aliphatic imine (C=N–C) groups is 1. The van der Waals surface area contributed by atoms with Crippen molar-refractivity contribution < 1.29 is 4.79 Å². The minimum atomic E-state index is -0.0833. The predicted octanol–water partition coefficient (Wildman–Crippen LogP) is 4.72. The maximum absolute atomic E-state index is 12.6. The minimum Gasteiger partial charge on any atom is -0.404 e. The molecule has 41 heavy (non-hydrogen) atoms. The molecule has 4 aromatic rings. The molecule has 8 nitrogen and oxygen atoms in total.